The van der Waals surface area contributed by atoms with Crippen LogP contribution >= 0.6 is 15.9 Å². The summed E-state index contributed by atoms with van der Waals surface area (Å²) >= 11 is 3.61. The largest absolute Gasteiger partial charge is 0.359 e. The fourth-order valence-electron chi connectivity index (χ4n) is 2.13. The minimum absolute atomic E-state index is 0.423. The van der Waals surface area contributed by atoms with E-state index in [1.807, 2.05) is 0 Å². The lowest BCUT2D eigenvalue weighted by molar-refractivity contribution is -0.0323. The van der Waals surface area contributed by atoms with Crippen molar-refractivity contribution >= 4 is 15.9 Å². The van der Waals surface area contributed by atoms with Crippen LogP contribution in [0.1, 0.15) is 46.5 Å². The van der Waals surface area contributed by atoms with E-state index in [1.54, 1.807) is 7.11 Å². The van der Waals surface area contributed by atoms with Crippen LogP contribution in [0.3, 0.4) is 0 Å². The summed E-state index contributed by atoms with van der Waals surface area (Å²) in [6, 6.07) is 0. The summed E-state index contributed by atoms with van der Waals surface area (Å²) < 4.78 is 10.1. The normalized spacial score (nSPS) is 17.1. The molecule has 3 unspecified atom stereocenters. The molecule has 2 nitrogen and oxygen atoms in total. The topological polar surface area (TPSA) is 18.5 Å². The van der Waals surface area contributed by atoms with Crippen molar-refractivity contribution in [3.05, 3.63) is 0 Å². The van der Waals surface area contributed by atoms with Gasteiger partial charge in [0.05, 0.1) is 0 Å². The zero-order chi connectivity index (χ0) is 12.4. The van der Waals surface area contributed by atoms with E-state index in [4.69, 9.17) is 9.47 Å². The van der Waals surface area contributed by atoms with E-state index in [-0.39, 0.29) is 0 Å². The monoisotopic (exact) mass is 294 g/mol. The van der Waals surface area contributed by atoms with Gasteiger partial charge in [-0.15, -0.1) is 0 Å². The molecule has 0 aromatic carbocycles. The molecule has 0 heterocycles. The van der Waals surface area contributed by atoms with E-state index in [1.165, 1.54) is 19.3 Å². The lowest BCUT2D eigenvalue weighted by atomic mass is 9.91. The van der Waals surface area contributed by atoms with Crippen LogP contribution in [-0.4, -0.2) is 25.3 Å². The first-order valence-electron chi connectivity index (χ1n) is 6.27. The molecule has 0 rings (SSSR count). The van der Waals surface area contributed by atoms with Crippen molar-refractivity contribution in [2.75, 3.05) is 20.5 Å². The molecule has 98 valence electrons. The summed E-state index contributed by atoms with van der Waals surface area (Å²) in [6.45, 7) is 8.15. The Morgan fingerprint density at radius 3 is 2.31 bits per heavy atom. The van der Waals surface area contributed by atoms with Crippen molar-refractivity contribution in [2.24, 2.45) is 11.8 Å². The van der Waals surface area contributed by atoms with Gasteiger partial charge in [-0.25, -0.2) is 0 Å². The molecule has 3 heteroatoms. The highest BCUT2D eigenvalue weighted by Crippen LogP contribution is 2.22. The molecular formula is C13H27BrO2. The van der Waals surface area contributed by atoms with Crippen LogP contribution in [0.2, 0.25) is 0 Å². The van der Waals surface area contributed by atoms with Crippen LogP contribution in [0.5, 0.6) is 0 Å². The molecule has 0 bridgehead atoms. The highest BCUT2D eigenvalue weighted by Gasteiger charge is 2.10. The molecule has 0 aromatic heterocycles. The Labute approximate surface area is 109 Å². The average molecular weight is 295 g/mol. The van der Waals surface area contributed by atoms with Crippen molar-refractivity contribution in [3.8, 4) is 0 Å². The van der Waals surface area contributed by atoms with E-state index in [9.17, 15) is 0 Å². The predicted molar refractivity (Wildman–Crippen MR) is 73.0 cm³/mol. The highest BCUT2D eigenvalue weighted by molar-refractivity contribution is 9.09. The smallest absolute Gasteiger partial charge is 0.146 e. The Kier molecular flexibility index (Phi) is 10.8. The number of methoxy groups -OCH3 is 1. The van der Waals surface area contributed by atoms with Crippen LogP contribution < -0.4 is 0 Å². The maximum atomic E-state index is 5.27. The van der Waals surface area contributed by atoms with Gasteiger partial charge in [0.15, 0.2) is 0 Å². The van der Waals surface area contributed by atoms with Gasteiger partial charge in [-0.05, 0) is 37.5 Å². The Bertz CT molecular complexity index is 151. The van der Waals surface area contributed by atoms with Crippen LogP contribution in [0.4, 0.5) is 0 Å². The van der Waals surface area contributed by atoms with Gasteiger partial charge in [0.25, 0.3) is 0 Å². The molecular weight excluding hydrogens is 268 g/mol. The van der Waals surface area contributed by atoms with Gasteiger partial charge in [-0.1, -0.05) is 36.7 Å². The Balaban J connectivity index is 3.39. The zero-order valence-corrected chi connectivity index (χ0v) is 12.8. The highest BCUT2D eigenvalue weighted by atomic mass is 79.9. The van der Waals surface area contributed by atoms with Gasteiger partial charge in [-0.3, -0.25) is 0 Å². The standard InChI is InChI=1S/C13H27BrO2/c1-11(6-5-7-16-10-15-4)8-12(2)9-13(3)14/h11-13H,5-10H2,1-4H3. The Hall–Kier alpha value is 0.400. The summed E-state index contributed by atoms with van der Waals surface area (Å²) in [6.07, 6.45) is 4.98. The van der Waals surface area contributed by atoms with Crippen LogP contribution in [0.15, 0.2) is 0 Å². The first-order valence-corrected chi connectivity index (χ1v) is 7.18. The maximum Gasteiger partial charge on any atom is 0.146 e. The molecule has 0 aromatic rings. The summed E-state index contributed by atoms with van der Waals surface area (Å²) in [5.74, 6) is 1.61. The SMILES string of the molecule is COCOCCCC(C)CC(C)CC(C)Br. The lowest BCUT2D eigenvalue weighted by Crippen LogP contribution is -2.08. The molecule has 0 spiro atoms. The quantitative estimate of drug-likeness (QED) is 0.341. The number of hydrogen-bond acceptors (Lipinski definition) is 2. The molecule has 0 aliphatic heterocycles. The predicted octanol–water partition coefficient (Wildman–Crippen LogP) is 4.22. The van der Waals surface area contributed by atoms with Gasteiger partial charge in [-0.2, -0.15) is 0 Å². The van der Waals surface area contributed by atoms with Gasteiger partial charge in [0.1, 0.15) is 6.79 Å². The maximum absolute atomic E-state index is 5.27. The fraction of sp³-hybridized carbons (Fsp3) is 1.00. The van der Waals surface area contributed by atoms with Crippen molar-refractivity contribution < 1.29 is 9.47 Å². The van der Waals surface area contributed by atoms with Gasteiger partial charge < -0.3 is 9.47 Å². The number of alkyl halides is 1. The van der Waals surface area contributed by atoms with E-state index in [0.29, 0.717) is 11.6 Å². The number of ether oxygens (including phenoxy) is 2. The average Bonchev–Trinajstić information content (AvgIpc) is 2.15. The molecule has 0 N–H and O–H groups in total. The summed E-state index contributed by atoms with van der Waals surface area (Å²) in [5, 5.41) is 0. The summed E-state index contributed by atoms with van der Waals surface area (Å²) in [5.41, 5.74) is 0. The molecule has 0 fully saturated rings. The zero-order valence-electron chi connectivity index (χ0n) is 11.2. The van der Waals surface area contributed by atoms with Crippen LogP contribution in [0.25, 0.3) is 0 Å². The molecule has 0 aliphatic rings. The van der Waals surface area contributed by atoms with E-state index < -0.39 is 0 Å². The van der Waals surface area contributed by atoms with E-state index in [2.05, 4.69) is 36.7 Å². The molecule has 0 saturated carbocycles. The van der Waals surface area contributed by atoms with Crippen molar-refractivity contribution in [3.63, 3.8) is 0 Å². The minimum Gasteiger partial charge on any atom is -0.359 e. The minimum atomic E-state index is 0.423. The molecule has 0 radical (unpaired) electrons. The van der Waals surface area contributed by atoms with Gasteiger partial charge >= 0.3 is 0 Å². The van der Waals surface area contributed by atoms with Crippen molar-refractivity contribution in [2.45, 2.75) is 51.3 Å². The second-order valence-corrected chi connectivity index (χ2v) is 6.48. The third-order valence-electron chi connectivity index (χ3n) is 2.72. The van der Waals surface area contributed by atoms with E-state index in [0.717, 1.165) is 24.9 Å². The Morgan fingerprint density at radius 1 is 1.06 bits per heavy atom. The molecule has 16 heavy (non-hydrogen) atoms. The summed E-state index contributed by atoms with van der Waals surface area (Å²) in [7, 11) is 1.66. The first-order chi connectivity index (χ1) is 7.56. The summed E-state index contributed by atoms with van der Waals surface area (Å²) in [4.78, 5) is 0.639. The lowest BCUT2D eigenvalue weighted by Gasteiger charge is -2.18. The van der Waals surface area contributed by atoms with Crippen molar-refractivity contribution in [1.82, 2.24) is 0 Å². The van der Waals surface area contributed by atoms with Crippen molar-refractivity contribution in [1.29, 1.82) is 0 Å². The number of hydrogen-bond donors (Lipinski definition) is 0. The molecule has 0 aliphatic carbocycles. The van der Waals surface area contributed by atoms with E-state index >= 15 is 0 Å². The van der Waals surface area contributed by atoms with Gasteiger partial charge in [0, 0.05) is 18.5 Å². The second-order valence-electron chi connectivity index (χ2n) is 4.92. The first kappa shape index (κ1) is 16.4. The third-order valence-corrected chi connectivity index (χ3v) is 3.09. The van der Waals surface area contributed by atoms with Crippen LogP contribution in [0, 0.1) is 11.8 Å². The Morgan fingerprint density at radius 2 is 1.75 bits per heavy atom. The second kappa shape index (κ2) is 10.5. The van der Waals surface area contributed by atoms with Crippen LogP contribution in [-0.2, 0) is 9.47 Å². The fourth-order valence-corrected chi connectivity index (χ4v) is 2.77. The third kappa shape index (κ3) is 10.9. The van der Waals surface area contributed by atoms with Gasteiger partial charge in [0.2, 0.25) is 0 Å². The molecule has 3 atom stereocenters. The molecule has 0 saturated heterocycles. The molecule has 0 amide bonds. The number of rotatable bonds is 10. The number of halogens is 1.